The second kappa shape index (κ2) is 5.87. The van der Waals surface area contributed by atoms with E-state index in [0.717, 1.165) is 5.56 Å². The summed E-state index contributed by atoms with van der Waals surface area (Å²) in [5.41, 5.74) is 1.28. The van der Waals surface area contributed by atoms with Gasteiger partial charge in [-0.25, -0.2) is 0 Å². The third-order valence-electron chi connectivity index (χ3n) is 2.89. The molecule has 0 amide bonds. The molecule has 0 fully saturated rings. The summed E-state index contributed by atoms with van der Waals surface area (Å²) in [4.78, 5) is 11.9. The van der Waals surface area contributed by atoms with Gasteiger partial charge in [-0.05, 0) is 18.6 Å². The van der Waals surface area contributed by atoms with E-state index in [4.69, 9.17) is 9.47 Å². The third kappa shape index (κ3) is 2.82. The van der Waals surface area contributed by atoms with Crippen LogP contribution in [0.1, 0.15) is 31.1 Å². The molecule has 0 aromatic heterocycles. The van der Waals surface area contributed by atoms with Crippen LogP contribution in [0.25, 0.3) is 0 Å². The number of ketones is 1. The number of Topliss-reactive ketones (excluding diaryl/α,β-unsaturated/α-hetero) is 1. The monoisotopic (exact) mass is 252 g/mol. The molecule has 1 aromatic carbocycles. The van der Waals surface area contributed by atoms with Crippen LogP contribution in [0, 0.1) is 12.8 Å². The molecule has 1 unspecified atom stereocenters. The van der Waals surface area contributed by atoms with Crippen molar-refractivity contribution in [1.82, 2.24) is 0 Å². The summed E-state index contributed by atoms with van der Waals surface area (Å²) in [7, 11) is 3.06. The number of ether oxygens (including phenoxy) is 2. The molecule has 1 atom stereocenters. The van der Waals surface area contributed by atoms with Crippen molar-refractivity contribution in [3.63, 3.8) is 0 Å². The first kappa shape index (κ1) is 14.5. The number of aliphatic hydroxyl groups is 1. The van der Waals surface area contributed by atoms with Crippen molar-refractivity contribution >= 4 is 5.78 Å². The highest BCUT2D eigenvalue weighted by atomic mass is 16.5. The maximum atomic E-state index is 11.9. The molecule has 4 heteroatoms. The van der Waals surface area contributed by atoms with Crippen LogP contribution in [0.15, 0.2) is 12.1 Å². The first-order valence-corrected chi connectivity index (χ1v) is 5.86. The van der Waals surface area contributed by atoms with Gasteiger partial charge in [0.15, 0.2) is 5.78 Å². The first-order valence-electron chi connectivity index (χ1n) is 5.86. The Morgan fingerprint density at radius 2 is 1.83 bits per heavy atom. The van der Waals surface area contributed by atoms with E-state index >= 15 is 0 Å². The topological polar surface area (TPSA) is 55.8 Å². The predicted molar refractivity (Wildman–Crippen MR) is 69.1 cm³/mol. The van der Waals surface area contributed by atoms with Crippen molar-refractivity contribution in [2.45, 2.75) is 26.9 Å². The fraction of sp³-hybridized carbons (Fsp3) is 0.500. The van der Waals surface area contributed by atoms with Gasteiger partial charge in [-0.1, -0.05) is 13.8 Å². The number of hydrogen-bond donors (Lipinski definition) is 1. The molecule has 1 N–H and O–H groups in total. The van der Waals surface area contributed by atoms with Crippen LogP contribution in [0.3, 0.4) is 0 Å². The van der Waals surface area contributed by atoms with Gasteiger partial charge in [0, 0.05) is 17.5 Å². The normalized spacial score (nSPS) is 12.4. The second-order valence-corrected chi connectivity index (χ2v) is 4.52. The standard InChI is InChI=1S/C14H20O4/c1-8(2)13(15)14(16)12-9(3)6-10(17-4)7-11(12)18-5/h6-8,14,16H,1-5H3. The Labute approximate surface area is 108 Å². The molecule has 0 aliphatic carbocycles. The molecule has 0 spiro atoms. The molecule has 1 rings (SSSR count). The van der Waals surface area contributed by atoms with Crippen molar-refractivity contribution in [3.8, 4) is 11.5 Å². The molecule has 0 radical (unpaired) electrons. The van der Waals surface area contributed by atoms with Gasteiger partial charge in [0.1, 0.15) is 17.6 Å². The van der Waals surface area contributed by atoms with E-state index in [1.165, 1.54) is 7.11 Å². The fourth-order valence-electron chi connectivity index (χ4n) is 1.83. The summed E-state index contributed by atoms with van der Waals surface area (Å²) in [5, 5.41) is 10.1. The second-order valence-electron chi connectivity index (χ2n) is 4.52. The highest BCUT2D eigenvalue weighted by Crippen LogP contribution is 2.34. The van der Waals surface area contributed by atoms with E-state index < -0.39 is 6.10 Å². The van der Waals surface area contributed by atoms with Crippen LogP contribution in [0.5, 0.6) is 11.5 Å². The molecule has 0 saturated carbocycles. The van der Waals surface area contributed by atoms with Gasteiger partial charge in [0.25, 0.3) is 0 Å². The summed E-state index contributed by atoms with van der Waals surface area (Å²) in [6, 6.07) is 3.44. The Morgan fingerprint density at radius 1 is 1.22 bits per heavy atom. The molecule has 18 heavy (non-hydrogen) atoms. The van der Waals surface area contributed by atoms with E-state index in [-0.39, 0.29) is 11.7 Å². The Bertz CT molecular complexity index is 438. The molecule has 0 saturated heterocycles. The number of carbonyl (C=O) groups is 1. The number of rotatable bonds is 5. The summed E-state index contributed by atoms with van der Waals surface area (Å²) in [6.45, 7) is 5.34. The van der Waals surface area contributed by atoms with Crippen molar-refractivity contribution in [2.24, 2.45) is 5.92 Å². The van der Waals surface area contributed by atoms with E-state index in [9.17, 15) is 9.90 Å². The summed E-state index contributed by atoms with van der Waals surface area (Å²) >= 11 is 0. The van der Waals surface area contributed by atoms with E-state index in [2.05, 4.69) is 0 Å². The molecule has 100 valence electrons. The van der Waals surface area contributed by atoms with Gasteiger partial charge >= 0.3 is 0 Å². The maximum Gasteiger partial charge on any atom is 0.168 e. The SMILES string of the molecule is COc1cc(C)c(C(O)C(=O)C(C)C)c(OC)c1. The molecule has 0 aliphatic rings. The lowest BCUT2D eigenvalue weighted by molar-refractivity contribution is -0.130. The number of carbonyl (C=O) groups excluding carboxylic acids is 1. The lowest BCUT2D eigenvalue weighted by atomic mass is 9.94. The van der Waals surface area contributed by atoms with Crippen LogP contribution in [0.4, 0.5) is 0 Å². The minimum atomic E-state index is -1.16. The average molecular weight is 252 g/mol. The van der Waals surface area contributed by atoms with Crippen LogP contribution in [-0.4, -0.2) is 25.1 Å². The minimum Gasteiger partial charge on any atom is -0.497 e. The number of aliphatic hydroxyl groups excluding tert-OH is 1. The number of aryl methyl sites for hydroxylation is 1. The number of benzene rings is 1. The molecule has 0 bridgehead atoms. The van der Waals surface area contributed by atoms with Crippen LogP contribution in [-0.2, 0) is 4.79 Å². The highest BCUT2D eigenvalue weighted by Gasteiger charge is 2.25. The van der Waals surface area contributed by atoms with Crippen molar-refractivity contribution in [2.75, 3.05) is 14.2 Å². The number of hydrogen-bond acceptors (Lipinski definition) is 4. The third-order valence-corrected chi connectivity index (χ3v) is 2.89. The van der Waals surface area contributed by atoms with Crippen molar-refractivity contribution in [1.29, 1.82) is 0 Å². The average Bonchev–Trinajstić information content (AvgIpc) is 2.35. The Kier molecular flexibility index (Phi) is 4.73. The van der Waals surface area contributed by atoms with Gasteiger partial charge < -0.3 is 14.6 Å². The lowest BCUT2D eigenvalue weighted by Gasteiger charge is -2.19. The lowest BCUT2D eigenvalue weighted by Crippen LogP contribution is -2.19. The quantitative estimate of drug-likeness (QED) is 0.873. The Balaban J connectivity index is 3.27. The van der Waals surface area contributed by atoms with Crippen molar-refractivity contribution < 1.29 is 19.4 Å². The zero-order chi connectivity index (χ0) is 13.9. The zero-order valence-corrected chi connectivity index (χ0v) is 11.5. The van der Waals surface area contributed by atoms with Gasteiger partial charge in [-0.3, -0.25) is 4.79 Å². The zero-order valence-electron chi connectivity index (χ0n) is 11.5. The van der Waals surface area contributed by atoms with Gasteiger partial charge in [-0.15, -0.1) is 0 Å². The fourth-order valence-corrected chi connectivity index (χ4v) is 1.83. The van der Waals surface area contributed by atoms with Crippen molar-refractivity contribution in [3.05, 3.63) is 23.3 Å². The van der Waals surface area contributed by atoms with Gasteiger partial charge in [-0.2, -0.15) is 0 Å². The largest absolute Gasteiger partial charge is 0.497 e. The summed E-state index contributed by atoms with van der Waals surface area (Å²) in [5.74, 6) is 0.651. The highest BCUT2D eigenvalue weighted by molar-refractivity contribution is 5.86. The van der Waals surface area contributed by atoms with E-state index in [0.29, 0.717) is 17.1 Å². The molecule has 0 heterocycles. The van der Waals surface area contributed by atoms with Gasteiger partial charge in [0.05, 0.1) is 14.2 Å². The Morgan fingerprint density at radius 3 is 2.28 bits per heavy atom. The first-order chi connectivity index (χ1) is 8.42. The molecular formula is C14H20O4. The van der Waals surface area contributed by atoms with Crippen LogP contribution in [0.2, 0.25) is 0 Å². The molecule has 1 aromatic rings. The Hall–Kier alpha value is -1.55. The summed E-state index contributed by atoms with van der Waals surface area (Å²) in [6.07, 6.45) is -1.16. The van der Waals surface area contributed by atoms with Crippen LogP contribution >= 0.6 is 0 Å². The minimum absolute atomic E-state index is 0.221. The van der Waals surface area contributed by atoms with E-state index in [1.807, 2.05) is 6.92 Å². The molecule has 4 nitrogen and oxygen atoms in total. The van der Waals surface area contributed by atoms with E-state index in [1.54, 1.807) is 33.1 Å². The summed E-state index contributed by atoms with van der Waals surface area (Å²) < 4.78 is 10.4. The maximum absolute atomic E-state index is 11.9. The van der Waals surface area contributed by atoms with Crippen LogP contribution < -0.4 is 9.47 Å². The number of methoxy groups -OCH3 is 2. The smallest absolute Gasteiger partial charge is 0.168 e. The predicted octanol–water partition coefficient (Wildman–Crippen LogP) is 2.27. The molecular weight excluding hydrogens is 232 g/mol. The van der Waals surface area contributed by atoms with Gasteiger partial charge in [0.2, 0.25) is 0 Å². The molecule has 0 aliphatic heterocycles.